The highest BCUT2D eigenvalue weighted by Gasteiger charge is 2.32. The summed E-state index contributed by atoms with van der Waals surface area (Å²) in [7, 11) is -4.11. The van der Waals surface area contributed by atoms with Crippen LogP contribution in [0.3, 0.4) is 0 Å². The molecule has 7 nitrogen and oxygen atoms in total. The third kappa shape index (κ3) is 8.06. The van der Waals surface area contributed by atoms with E-state index in [9.17, 15) is 18.0 Å². The average molecular weight is 635 g/mol. The summed E-state index contributed by atoms with van der Waals surface area (Å²) >= 11 is 9.42. The van der Waals surface area contributed by atoms with Gasteiger partial charge in [0, 0.05) is 22.1 Å². The number of hydrogen-bond donors (Lipinski definition) is 1. The van der Waals surface area contributed by atoms with Crippen molar-refractivity contribution >= 4 is 55.1 Å². The first-order valence-electron chi connectivity index (χ1n) is 12.6. The first-order chi connectivity index (χ1) is 18.4. The van der Waals surface area contributed by atoms with Gasteiger partial charge in [-0.1, -0.05) is 64.3 Å². The van der Waals surface area contributed by atoms with Gasteiger partial charge in [-0.2, -0.15) is 0 Å². The molecule has 0 fully saturated rings. The predicted molar refractivity (Wildman–Crippen MR) is 159 cm³/mol. The van der Waals surface area contributed by atoms with Crippen molar-refractivity contribution < 1.29 is 18.0 Å². The number of carbonyl (C=O) groups is 2. The molecule has 0 saturated carbocycles. The molecular formula is C29H33BrClN3O4S. The minimum atomic E-state index is -4.11. The number of sulfonamides is 1. The van der Waals surface area contributed by atoms with Crippen molar-refractivity contribution in [2.24, 2.45) is 0 Å². The van der Waals surface area contributed by atoms with Crippen LogP contribution in [0.15, 0.2) is 82.2 Å². The summed E-state index contributed by atoms with van der Waals surface area (Å²) < 4.78 is 29.5. The summed E-state index contributed by atoms with van der Waals surface area (Å²) in [5, 5.41) is 3.47. The number of aryl methyl sites for hydroxylation is 1. The average Bonchev–Trinajstić information content (AvgIpc) is 2.91. The minimum Gasteiger partial charge on any atom is -0.352 e. The summed E-state index contributed by atoms with van der Waals surface area (Å²) in [5.74, 6) is -0.835. The Bertz CT molecular complexity index is 1380. The van der Waals surface area contributed by atoms with Gasteiger partial charge in [-0.05, 0) is 81.3 Å². The van der Waals surface area contributed by atoms with Crippen molar-refractivity contribution in [2.75, 3.05) is 10.8 Å². The van der Waals surface area contributed by atoms with Crippen molar-refractivity contribution in [3.63, 3.8) is 0 Å². The van der Waals surface area contributed by atoms with Crippen molar-refractivity contribution in [3.05, 3.63) is 93.4 Å². The van der Waals surface area contributed by atoms with E-state index >= 15 is 0 Å². The Balaban J connectivity index is 2.01. The minimum absolute atomic E-state index is 0.0654. The maximum absolute atomic E-state index is 13.9. The molecule has 208 valence electrons. The summed E-state index contributed by atoms with van der Waals surface area (Å²) in [6.45, 7) is 6.96. The lowest BCUT2D eigenvalue weighted by molar-refractivity contribution is -0.139. The number of amides is 2. The highest BCUT2D eigenvalue weighted by molar-refractivity contribution is 9.10. The molecule has 3 aromatic rings. The van der Waals surface area contributed by atoms with Crippen LogP contribution < -0.4 is 9.62 Å². The lowest BCUT2D eigenvalue weighted by Crippen LogP contribution is -2.52. The van der Waals surface area contributed by atoms with Crippen LogP contribution in [0.25, 0.3) is 0 Å². The van der Waals surface area contributed by atoms with Crippen LogP contribution in [0.2, 0.25) is 5.02 Å². The zero-order chi connectivity index (χ0) is 28.7. The normalized spacial score (nSPS) is 12.9. The molecule has 2 atom stereocenters. The van der Waals surface area contributed by atoms with Gasteiger partial charge in [-0.3, -0.25) is 13.9 Å². The first kappa shape index (κ1) is 30.7. The largest absolute Gasteiger partial charge is 0.352 e. The van der Waals surface area contributed by atoms with Crippen LogP contribution in [0, 0.1) is 6.92 Å². The fraction of sp³-hybridized carbons (Fsp3) is 0.310. The number of halogens is 2. The number of hydrogen-bond acceptors (Lipinski definition) is 4. The van der Waals surface area contributed by atoms with E-state index in [-0.39, 0.29) is 23.4 Å². The maximum Gasteiger partial charge on any atom is 0.264 e. The SMILES string of the molecule is CC[C@H](C)NC(=O)[C@@H](C)N(Cc1ccc(Cl)cc1)C(=O)CN(c1ccc(Br)cc1)S(=O)(=O)c1ccc(C)cc1. The fourth-order valence-corrected chi connectivity index (χ4v) is 5.61. The maximum atomic E-state index is 13.9. The molecule has 0 saturated heterocycles. The van der Waals surface area contributed by atoms with Crippen molar-refractivity contribution in [2.45, 2.75) is 57.6 Å². The van der Waals surface area contributed by atoms with E-state index in [1.54, 1.807) is 67.6 Å². The Morgan fingerprint density at radius 3 is 2.10 bits per heavy atom. The standard InChI is InChI=1S/C29H33BrClN3O4S/c1-5-21(3)32-29(36)22(4)33(18-23-8-12-25(31)13-9-23)28(35)19-34(26-14-10-24(30)11-15-26)39(37,38)27-16-6-20(2)7-17-27/h6-17,21-22H,5,18-19H2,1-4H3,(H,32,36)/t21-,22+/m0/s1. The number of rotatable bonds is 11. The Hall–Kier alpha value is -2.88. The van der Waals surface area contributed by atoms with Gasteiger partial charge >= 0.3 is 0 Å². The van der Waals surface area contributed by atoms with Gasteiger partial charge in [0.1, 0.15) is 12.6 Å². The molecule has 3 rings (SSSR count). The van der Waals surface area contributed by atoms with Gasteiger partial charge < -0.3 is 10.2 Å². The summed E-state index contributed by atoms with van der Waals surface area (Å²) in [5.41, 5.74) is 2.00. The van der Waals surface area contributed by atoms with Crippen LogP contribution in [-0.2, 0) is 26.2 Å². The molecule has 0 spiro atoms. The number of nitrogens with zero attached hydrogens (tertiary/aromatic N) is 2. The van der Waals surface area contributed by atoms with Gasteiger partial charge in [0.2, 0.25) is 11.8 Å². The summed E-state index contributed by atoms with van der Waals surface area (Å²) in [4.78, 5) is 28.5. The lowest BCUT2D eigenvalue weighted by Gasteiger charge is -2.32. The Morgan fingerprint density at radius 1 is 0.949 bits per heavy atom. The molecule has 39 heavy (non-hydrogen) atoms. The molecule has 0 radical (unpaired) electrons. The van der Waals surface area contributed by atoms with Crippen LogP contribution in [0.5, 0.6) is 0 Å². The smallest absolute Gasteiger partial charge is 0.264 e. The first-order valence-corrected chi connectivity index (χ1v) is 15.2. The van der Waals surface area contributed by atoms with Crippen LogP contribution >= 0.6 is 27.5 Å². The van der Waals surface area contributed by atoms with Gasteiger partial charge in [0.25, 0.3) is 10.0 Å². The quantitative estimate of drug-likeness (QED) is 0.283. The molecule has 0 aliphatic rings. The Labute approximate surface area is 244 Å². The van der Waals surface area contributed by atoms with Gasteiger partial charge in [0.15, 0.2) is 0 Å². The molecule has 0 aromatic heterocycles. The Morgan fingerprint density at radius 2 is 1.54 bits per heavy atom. The zero-order valence-electron chi connectivity index (χ0n) is 22.4. The molecule has 10 heteroatoms. The van der Waals surface area contributed by atoms with Crippen molar-refractivity contribution in [1.29, 1.82) is 0 Å². The van der Waals surface area contributed by atoms with E-state index in [1.807, 2.05) is 20.8 Å². The highest BCUT2D eigenvalue weighted by Crippen LogP contribution is 2.26. The Kier molecular flexibility index (Phi) is 10.6. The molecule has 0 unspecified atom stereocenters. The van der Waals surface area contributed by atoms with Gasteiger partial charge in [-0.25, -0.2) is 8.42 Å². The molecule has 0 aliphatic carbocycles. The van der Waals surface area contributed by atoms with E-state index < -0.39 is 28.5 Å². The highest BCUT2D eigenvalue weighted by atomic mass is 79.9. The summed E-state index contributed by atoms with van der Waals surface area (Å²) in [6, 6.07) is 19.2. The van der Waals surface area contributed by atoms with E-state index in [2.05, 4.69) is 21.2 Å². The third-order valence-electron chi connectivity index (χ3n) is 6.44. The van der Waals surface area contributed by atoms with E-state index in [4.69, 9.17) is 11.6 Å². The predicted octanol–water partition coefficient (Wildman–Crippen LogP) is 5.94. The van der Waals surface area contributed by atoms with Crippen LogP contribution in [-0.4, -0.2) is 43.8 Å². The molecular weight excluding hydrogens is 602 g/mol. The van der Waals surface area contributed by atoms with E-state index in [0.717, 1.165) is 26.3 Å². The molecule has 0 aliphatic heterocycles. The number of nitrogens with one attached hydrogen (secondary N) is 1. The van der Waals surface area contributed by atoms with E-state index in [1.165, 1.54) is 17.0 Å². The number of benzene rings is 3. The van der Waals surface area contributed by atoms with Gasteiger partial charge in [-0.15, -0.1) is 0 Å². The second-order valence-electron chi connectivity index (χ2n) is 9.44. The van der Waals surface area contributed by atoms with Crippen LogP contribution in [0.4, 0.5) is 5.69 Å². The zero-order valence-corrected chi connectivity index (χ0v) is 25.6. The monoisotopic (exact) mass is 633 g/mol. The third-order valence-corrected chi connectivity index (χ3v) is 9.01. The fourth-order valence-electron chi connectivity index (χ4n) is 3.81. The van der Waals surface area contributed by atoms with Gasteiger partial charge in [0.05, 0.1) is 10.6 Å². The number of anilines is 1. The number of carbonyl (C=O) groups excluding carboxylic acids is 2. The van der Waals surface area contributed by atoms with Crippen LogP contribution in [0.1, 0.15) is 38.3 Å². The van der Waals surface area contributed by atoms with Crippen molar-refractivity contribution in [3.8, 4) is 0 Å². The molecule has 1 N–H and O–H groups in total. The molecule has 3 aromatic carbocycles. The topological polar surface area (TPSA) is 86.8 Å². The second kappa shape index (κ2) is 13.5. The van der Waals surface area contributed by atoms with E-state index in [0.29, 0.717) is 10.7 Å². The molecule has 0 bridgehead atoms. The molecule has 2 amide bonds. The second-order valence-corrected chi connectivity index (χ2v) is 12.7. The lowest BCUT2D eigenvalue weighted by atomic mass is 10.1. The molecule has 0 heterocycles. The van der Waals surface area contributed by atoms with Crippen molar-refractivity contribution in [1.82, 2.24) is 10.2 Å². The summed E-state index contributed by atoms with van der Waals surface area (Å²) in [6.07, 6.45) is 0.732.